The van der Waals surface area contributed by atoms with Gasteiger partial charge in [0.1, 0.15) is 11.5 Å². The average molecular weight is 362 g/mol. The second kappa shape index (κ2) is 9.24. The number of likely N-dealkylation sites (tertiary alicyclic amines) is 2. The highest BCUT2D eigenvalue weighted by atomic mass is 16.5. The molecule has 6 heteroatoms. The van der Waals surface area contributed by atoms with E-state index in [1.807, 2.05) is 23.1 Å². The fourth-order valence-electron chi connectivity index (χ4n) is 3.88. The number of nitrogens with zero attached hydrogens (tertiary/aromatic N) is 2. The maximum absolute atomic E-state index is 12.4. The molecule has 2 saturated heterocycles. The molecule has 0 atom stereocenters. The summed E-state index contributed by atoms with van der Waals surface area (Å²) in [6.07, 6.45) is 4.74. The SMILES string of the molecule is COc1cccc(OCC(=O)N2CCC(N3CCC(OC)CC3)CC2)c1. The molecule has 2 heterocycles. The number of ether oxygens (including phenoxy) is 3. The molecule has 2 fully saturated rings. The van der Waals surface area contributed by atoms with Gasteiger partial charge in [0, 0.05) is 45.4 Å². The molecule has 0 spiro atoms. The summed E-state index contributed by atoms with van der Waals surface area (Å²) in [5.74, 6) is 1.45. The highest BCUT2D eigenvalue weighted by Crippen LogP contribution is 2.23. The van der Waals surface area contributed by atoms with E-state index in [1.54, 1.807) is 20.3 Å². The molecule has 3 rings (SSSR count). The van der Waals surface area contributed by atoms with Crippen LogP contribution < -0.4 is 9.47 Å². The van der Waals surface area contributed by atoms with Crippen molar-refractivity contribution >= 4 is 5.91 Å². The summed E-state index contributed by atoms with van der Waals surface area (Å²) < 4.78 is 16.3. The number of methoxy groups -OCH3 is 2. The van der Waals surface area contributed by atoms with Crippen molar-refractivity contribution in [3.05, 3.63) is 24.3 Å². The van der Waals surface area contributed by atoms with Crippen molar-refractivity contribution in [2.45, 2.75) is 37.8 Å². The smallest absolute Gasteiger partial charge is 0.260 e. The number of rotatable bonds is 6. The van der Waals surface area contributed by atoms with E-state index in [4.69, 9.17) is 14.2 Å². The lowest BCUT2D eigenvalue weighted by molar-refractivity contribution is -0.135. The minimum absolute atomic E-state index is 0.0596. The molecule has 2 aliphatic heterocycles. The van der Waals surface area contributed by atoms with Crippen LogP contribution in [0.15, 0.2) is 24.3 Å². The summed E-state index contributed by atoms with van der Waals surface area (Å²) in [6.45, 7) is 3.92. The summed E-state index contributed by atoms with van der Waals surface area (Å²) in [5, 5.41) is 0. The molecule has 0 aromatic heterocycles. The van der Waals surface area contributed by atoms with E-state index in [1.165, 1.54) is 0 Å². The minimum atomic E-state index is 0.0596. The predicted molar refractivity (Wildman–Crippen MR) is 99.7 cm³/mol. The number of carbonyl (C=O) groups is 1. The summed E-state index contributed by atoms with van der Waals surface area (Å²) >= 11 is 0. The molecule has 0 saturated carbocycles. The topological polar surface area (TPSA) is 51.2 Å². The summed E-state index contributed by atoms with van der Waals surface area (Å²) in [5.41, 5.74) is 0. The monoisotopic (exact) mass is 362 g/mol. The molecule has 0 aliphatic carbocycles. The van der Waals surface area contributed by atoms with Gasteiger partial charge in [-0.2, -0.15) is 0 Å². The van der Waals surface area contributed by atoms with Crippen LogP contribution >= 0.6 is 0 Å². The Morgan fingerprint density at radius 2 is 1.73 bits per heavy atom. The maximum Gasteiger partial charge on any atom is 0.260 e. The number of piperidine rings is 2. The third-order valence-electron chi connectivity index (χ3n) is 5.55. The standard InChI is InChI=1S/C20H30N2O4/c1-24-17-8-12-21(13-9-17)16-6-10-22(11-7-16)20(23)15-26-19-5-3-4-18(14-19)25-2/h3-5,14,16-17H,6-13,15H2,1-2H3. The second-order valence-corrected chi connectivity index (χ2v) is 7.05. The van der Waals surface area contributed by atoms with E-state index < -0.39 is 0 Å². The van der Waals surface area contributed by atoms with E-state index in [0.717, 1.165) is 57.6 Å². The van der Waals surface area contributed by atoms with Crippen molar-refractivity contribution in [1.82, 2.24) is 9.80 Å². The Bertz CT molecular complexity index is 579. The van der Waals surface area contributed by atoms with Crippen LogP contribution in [0.2, 0.25) is 0 Å². The fraction of sp³-hybridized carbons (Fsp3) is 0.650. The Labute approximate surface area is 156 Å². The van der Waals surface area contributed by atoms with Crippen molar-refractivity contribution in [2.24, 2.45) is 0 Å². The lowest BCUT2D eigenvalue weighted by atomic mass is 9.99. The summed E-state index contributed by atoms with van der Waals surface area (Å²) in [7, 11) is 3.42. The first-order chi connectivity index (χ1) is 12.7. The van der Waals surface area contributed by atoms with E-state index in [9.17, 15) is 4.79 Å². The van der Waals surface area contributed by atoms with Gasteiger partial charge in [-0.15, -0.1) is 0 Å². The second-order valence-electron chi connectivity index (χ2n) is 7.05. The van der Waals surface area contributed by atoms with Crippen LogP contribution in [0, 0.1) is 0 Å². The number of amides is 1. The lowest BCUT2D eigenvalue weighted by Crippen LogP contribution is -2.50. The molecule has 1 aromatic rings. The summed E-state index contributed by atoms with van der Waals surface area (Å²) in [6, 6.07) is 7.94. The van der Waals surface area contributed by atoms with Gasteiger partial charge < -0.3 is 24.0 Å². The third-order valence-corrected chi connectivity index (χ3v) is 5.55. The predicted octanol–water partition coefficient (Wildman–Crippen LogP) is 2.18. The molecular formula is C20H30N2O4. The Hall–Kier alpha value is -1.79. The van der Waals surface area contributed by atoms with Crippen molar-refractivity contribution in [1.29, 1.82) is 0 Å². The van der Waals surface area contributed by atoms with E-state index >= 15 is 0 Å². The normalized spacial score (nSPS) is 20.2. The highest BCUT2D eigenvalue weighted by Gasteiger charge is 2.29. The van der Waals surface area contributed by atoms with Crippen molar-refractivity contribution in [2.75, 3.05) is 47.0 Å². The van der Waals surface area contributed by atoms with Gasteiger partial charge in [-0.3, -0.25) is 4.79 Å². The third kappa shape index (κ3) is 4.89. The van der Waals surface area contributed by atoms with E-state index in [0.29, 0.717) is 17.9 Å². The Kier molecular flexibility index (Phi) is 6.74. The molecule has 1 aromatic carbocycles. The number of hydrogen-bond acceptors (Lipinski definition) is 5. The Morgan fingerprint density at radius 3 is 2.38 bits per heavy atom. The van der Waals surface area contributed by atoms with Gasteiger partial charge in [0.15, 0.2) is 6.61 Å². The first-order valence-electron chi connectivity index (χ1n) is 9.51. The molecule has 6 nitrogen and oxygen atoms in total. The van der Waals surface area contributed by atoms with Gasteiger partial charge >= 0.3 is 0 Å². The van der Waals surface area contributed by atoms with Crippen molar-refractivity contribution in [3.63, 3.8) is 0 Å². The zero-order valence-electron chi connectivity index (χ0n) is 15.9. The quantitative estimate of drug-likeness (QED) is 0.776. The van der Waals surface area contributed by atoms with Gasteiger partial charge in [-0.25, -0.2) is 0 Å². The van der Waals surface area contributed by atoms with Crippen LogP contribution in [0.3, 0.4) is 0 Å². The first kappa shape index (κ1) is 19.0. The fourth-order valence-corrected chi connectivity index (χ4v) is 3.88. The van der Waals surface area contributed by atoms with Crippen LogP contribution in [-0.2, 0) is 9.53 Å². The maximum atomic E-state index is 12.4. The molecule has 0 bridgehead atoms. The van der Waals surface area contributed by atoms with Crippen LogP contribution in [0.25, 0.3) is 0 Å². The molecule has 144 valence electrons. The van der Waals surface area contributed by atoms with Crippen LogP contribution in [0.1, 0.15) is 25.7 Å². The van der Waals surface area contributed by atoms with Gasteiger partial charge in [-0.1, -0.05) is 6.07 Å². The molecule has 0 N–H and O–H groups in total. The van der Waals surface area contributed by atoms with Crippen LogP contribution in [0.5, 0.6) is 11.5 Å². The molecule has 2 aliphatic rings. The zero-order valence-corrected chi connectivity index (χ0v) is 15.9. The van der Waals surface area contributed by atoms with Crippen molar-refractivity contribution < 1.29 is 19.0 Å². The average Bonchev–Trinajstić information content (AvgIpc) is 2.72. The lowest BCUT2D eigenvalue weighted by Gasteiger charge is -2.41. The minimum Gasteiger partial charge on any atom is -0.497 e. The van der Waals surface area contributed by atoms with E-state index in [-0.39, 0.29) is 12.5 Å². The number of hydrogen-bond donors (Lipinski definition) is 0. The van der Waals surface area contributed by atoms with Gasteiger partial charge in [0.05, 0.1) is 13.2 Å². The number of benzene rings is 1. The highest BCUT2D eigenvalue weighted by molar-refractivity contribution is 5.77. The van der Waals surface area contributed by atoms with Crippen LogP contribution in [-0.4, -0.2) is 74.9 Å². The Morgan fingerprint density at radius 1 is 1.04 bits per heavy atom. The first-order valence-corrected chi connectivity index (χ1v) is 9.51. The number of carbonyl (C=O) groups excluding carboxylic acids is 1. The summed E-state index contributed by atoms with van der Waals surface area (Å²) in [4.78, 5) is 16.9. The molecule has 1 amide bonds. The van der Waals surface area contributed by atoms with Gasteiger partial charge in [0.2, 0.25) is 0 Å². The van der Waals surface area contributed by atoms with Gasteiger partial charge in [-0.05, 0) is 37.8 Å². The molecule has 0 unspecified atom stereocenters. The van der Waals surface area contributed by atoms with Crippen LogP contribution in [0.4, 0.5) is 0 Å². The van der Waals surface area contributed by atoms with Gasteiger partial charge in [0.25, 0.3) is 5.91 Å². The zero-order chi connectivity index (χ0) is 18.4. The Balaban J connectivity index is 1.40. The molecular weight excluding hydrogens is 332 g/mol. The van der Waals surface area contributed by atoms with E-state index in [2.05, 4.69) is 4.90 Å². The largest absolute Gasteiger partial charge is 0.497 e. The molecule has 26 heavy (non-hydrogen) atoms. The van der Waals surface area contributed by atoms with Crippen molar-refractivity contribution in [3.8, 4) is 11.5 Å². The molecule has 0 radical (unpaired) electrons.